The maximum absolute atomic E-state index is 11.5. The van der Waals surface area contributed by atoms with Crippen molar-refractivity contribution >= 4 is 9.84 Å². The summed E-state index contributed by atoms with van der Waals surface area (Å²) in [5.41, 5.74) is 0.979. The van der Waals surface area contributed by atoms with Gasteiger partial charge in [-0.3, -0.25) is 0 Å². The molecule has 0 heterocycles. The van der Waals surface area contributed by atoms with Crippen molar-refractivity contribution in [2.45, 2.75) is 32.7 Å². The molecular weight excluding hydrogens is 274 g/mol. The summed E-state index contributed by atoms with van der Waals surface area (Å²) in [7, 11) is -3.02. The van der Waals surface area contributed by atoms with Crippen molar-refractivity contribution in [1.29, 1.82) is 0 Å². The van der Waals surface area contributed by atoms with Gasteiger partial charge in [-0.15, -0.1) is 0 Å². The van der Waals surface area contributed by atoms with E-state index in [1.165, 1.54) is 6.26 Å². The molecule has 0 amide bonds. The van der Waals surface area contributed by atoms with E-state index < -0.39 is 9.84 Å². The highest BCUT2D eigenvalue weighted by Crippen LogP contribution is 2.19. The molecule has 0 radical (unpaired) electrons. The topological polar surface area (TPSA) is 55.4 Å². The Balaban J connectivity index is 2.79. The fraction of sp³-hybridized carbons (Fsp3) is 0.600. The minimum atomic E-state index is -3.02. The summed E-state index contributed by atoms with van der Waals surface area (Å²) in [6.45, 7) is 5.62. The Labute approximate surface area is 122 Å². The van der Waals surface area contributed by atoms with Gasteiger partial charge in [0.15, 0.2) is 0 Å². The van der Waals surface area contributed by atoms with Crippen LogP contribution in [0.4, 0.5) is 0 Å². The highest BCUT2D eigenvalue weighted by molar-refractivity contribution is 7.90. The minimum absolute atomic E-state index is 0.113. The summed E-state index contributed by atoms with van der Waals surface area (Å²) in [5, 5.41) is 3.28. The molecule has 114 valence electrons. The second-order valence-electron chi connectivity index (χ2n) is 5.02. The Morgan fingerprint density at radius 2 is 1.80 bits per heavy atom. The number of hydrogen-bond acceptors (Lipinski definition) is 4. The summed E-state index contributed by atoms with van der Waals surface area (Å²) in [4.78, 5) is 0. The molecule has 1 rings (SSSR count). The highest BCUT2D eigenvalue weighted by Gasteiger charge is 2.16. The molecule has 1 aromatic carbocycles. The molecule has 5 heteroatoms. The van der Waals surface area contributed by atoms with Crippen molar-refractivity contribution < 1.29 is 13.2 Å². The quantitative estimate of drug-likeness (QED) is 0.761. The van der Waals surface area contributed by atoms with E-state index in [0.717, 1.165) is 30.7 Å². The Kier molecular flexibility index (Phi) is 7.02. The predicted molar refractivity (Wildman–Crippen MR) is 83.0 cm³/mol. The fourth-order valence-electron chi connectivity index (χ4n) is 1.91. The third-order valence-electron chi connectivity index (χ3n) is 2.87. The first-order valence-corrected chi connectivity index (χ1v) is 9.16. The van der Waals surface area contributed by atoms with Gasteiger partial charge < -0.3 is 10.1 Å². The number of benzene rings is 1. The van der Waals surface area contributed by atoms with E-state index in [4.69, 9.17) is 4.74 Å². The van der Waals surface area contributed by atoms with Crippen molar-refractivity contribution in [1.82, 2.24) is 5.32 Å². The van der Waals surface area contributed by atoms with Gasteiger partial charge in [-0.05, 0) is 37.1 Å². The van der Waals surface area contributed by atoms with Crippen molar-refractivity contribution in [3.05, 3.63) is 29.8 Å². The first kappa shape index (κ1) is 17.0. The maximum Gasteiger partial charge on any atom is 0.149 e. The smallest absolute Gasteiger partial charge is 0.149 e. The lowest BCUT2D eigenvalue weighted by molar-refractivity contribution is 0.317. The Bertz CT molecular complexity index is 482. The van der Waals surface area contributed by atoms with Gasteiger partial charge in [0.25, 0.3) is 0 Å². The molecule has 0 aliphatic rings. The number of ether oxygens (including phenoxy) is 1. The largest absolute Gasteiger partial charge is 0.494 e. The number of rotatable bonds is 9. The van der Waals surface area contributed by atoms with Gasteiger partial charge in [-0.2, -0.15) is 0 Å². The standard InChI is InChI=1S/C15H25NO3S/c1-4-10-16-15(12-20(3,17)18)13-6-8-14(9-7-13)19-11-5-2/h6-9,15-16H,4-5,10-12H2,1-3H3. The molecule has 0 saturated heterocycles. The van der Waals surface area contributed by atoms with Gasteiger partial charge >= 0.3 is 0 Å². The first-order valence-electron chi connectivity index (χ1n) is 7.10. The lowest BCUT2D eigenvalue weighted by atomic mass is 10.1. The lowest BCUT2D eigenvalue weighted by Crippen LogP contribution is -2.28. The zero-order valence-electron chi connectivity index (χ0n) is 12.6. The van der Waals surface area contributed by atoms with Crippen LogP contribution in [0.1, 0.15) is 38.3 Å². The van der Waals surface area contributed by atoms with Crippen LogP contribution in [-0.2, 0) is 9.84 Å². The highest BCUT2D eigenvalue weighted by atomic mass is 32.2. The lowest BCUT2D eigenvalue weighted by Gasteiger charge is -2.18. The van der Waals surface area contributed by atoms with Gasteiger partial charge in [-0.1, -0.05) is 26.0 Å². The average molecular weight is 299 g/mol. The van der Waals surface area contributed by atoms with Crippen molar-refractivity contribution in [2.24, 2.45) is 0 Å². The third-order valence-corrected chi connectivity index (χ3v) is 3.80. The molecule has 0 aliphatic carbocycles. The fourth-order valence-corrected chi connectivity index (χ4v) is 2.83. The molecule has 0 spiro atoms. The molecule has 1 unspecified atom stereocenters. The molecule has 1 atom stereocenters. The molecule has 0 bridgehead atoms. The van der Waals surface area contributed by atoms with Crippen LogP contribution >= 0.6 is 0 Å². The Morgan fingerprint density at radius 1 is 1.15 bits per heavy atom. The number of hydrogen-bond donors (Lipinski definition) is 1. The molecule has 1 N–H and O–H groups in total. The molecule has 0 saturated carbocycles. The Morgan fingerprint density at radius 3 is 2.30 bits per heavy atom. The van der Waals surface area contributed by atoms with E-state index in [9.17, 15) is 8.42 Å². The van der Waals surface area contributed by atoms with E-state index in [1.807, 2.05) is 24.3 Å². The van der Waals surface area contributed by atoms with Crippen LogP contribution in [0.15, 0.2) is 24.3 Å². The van der Waals surface area contributed by atoms with Crippen molar-refractivity contribution in [3.8, 4) is 5.75 Å². The van der Waals surface area contributed by atoms with Gasteiger partial charge in [0.05, 0.1) is 12.4 Å². The van der Waals surface area contributed by atoms with Crippen LogP contribution in [0.2, 0.25) is 0 Å². The maximum atomic E-state index is 11.5. The normalized spacial score (nSPS) is 13.2. The number of sulfone groups is 1. The van der Waals surface area contributed by atoms with Crippen molar-refractivity contribution in [2.75, 3.05) is 25.2 Å². The summed E-state index contributed by atoms with van der Waals surface area (Å²) in [6.07, 6.45) is 3.21. The van der Waals surface area contributed by atoms with E-state index in [-0.39, 0.29) is 11.8 Å². The van der Waals surface area contributed by atoms with Crippen LogP contribution in [0.25, 0.3) is 0 Å². The van der Waals surface area contributed by atoms with E-state index in [0.29, 0.717) is 6.61 Å². The zero-order chi connectivity index (χ0) is 15.0. The summed E-state index contributed by atoms with van der Waals surface area (Å²) in [6, 6.07) is 7.50. The van der Waals surface area contributed by atoms with Gasteiger partial charge in [-0.25, -0.2) is 8.42 Å². The molecule has 1 aromatic rings. The number of nitrogens with one attached hydrogen (secondary N) is 1. The summed E-state index contributed by atoms with van der Waals surface area (Å²) in [5.74, 6) is 0.937. The molecular formula is C15H25NO3S. The first-order chi connectivity index (χ1) is 9.46. The molecule has 0 fully saturated rings. The van der Waals surface area contributed by atoms with Crippen molar-refractivity contribution in [3.63, 3.8) is 0 Å². The van der Waals surface area contributed by atoms with Crippen LogP contribution in [0.5, 0.6) is 5.75 Å². The summed E-state index contributed by atoms with van der Waals surface area (Å²) >= 11 is 0. The van der Waals surface area contributed by atoms with Crippen LogP contribution in [0.3, 0.4) is 0 Å². The van der Waals surface area contributed by atoms with Gasteiger partial charge in [0.2, 0.25) is 0 Å². The SMILES string of the molecule is CCCNC(CS(C)(=O)=O)c1ccc(OCCC)cc1. The molecule has 20 heavy (non-hydrogen) atoms. The minimum Gasteiger partial charge on any atom is -0.494 e. The average Bonchev–Trinajstić information content (AvgIpc) is 2.40. The van der Waals surface area contributed by atoms with E-state index in [1.54, 1.807) is 0 Å². The van der Waals surface area contributed by atoms with Crippen LogP contribution in [-0.4, -0.2) is 33.6 Å². The van der Waals surface area contributed by atoms with Gasteiger partial charge in [0, 0.05) is 12.3 Å². The van der Waals surface area contributed by atoms with Crippen LogP contribution < -0.4 is 10.1 Å². The predicted octanol–water partition coefficient (Wildman–Crippen LogP) is 2.56. The van der Waals surface area contributed by atoms with E-state index >= 15 is 0 Å². The summed E-state index contributed by atoms with van der Waals surface area (Å²) < 4.78 is 28.6. The van der Waals surface area contributed by atoms with Gasteiger partial charge in [0.1, 0.15) is 15.6 Å². The molecule has 0 aliphatic heterocycles. The monoisotopic (exact) mass is 299 g/mol. The van der Waals surface area contributed by atoms with E-state index in [2.05, 4.69) is 19.2 Å². The third kappa shape index (κ3) is 6.39. The molecule has 0 aromatic heterocycles. The second kappa shape index (κ2) is 8.27. The van der Waals surface area contributed by atoms with Crippen LogP contribution in [0, 0.1) is 0 Å². The second-order valence-corrected chi connectivity index (χ2v) is 7.20. The zero-order valence-corrected chi connectivity index (χ0v) is 13.4. The molecule has 4 nitrogen and oxygen atoms in total. The Hall–Kier alpha value is -1.07.